The lowest BCUT2D eigenvalue weighted by Gasteiger charge is -2.31. The van der Waals surface area contributed by atoms with E-state index in [0.717, 1.165) is 52.1 Å². The lowest BCUT2D eigenvalue weighted by atomic mass is 9.93. The molecule has 1 aromatic heterocycles. The van der Waals surface area contributed by atoms with E-state index in [2.05, 4.69) is 11.2 Å². The van der Waals surface area contributed by atoms with E-state index in [1.807, 2.05) is 71.4 Å². The normalized spacial score (nSPS) is 12.7. The van der Waals surface area contributed by atoms with Crippen molar-refractivity contribution in [3.63, 3.8) is 0 Å². The predicted octanol–water partition coefficient (Wildman–Crippen LogP) is 5.74. The summed E-state index contributed by atoms with van der Waals surface area (Å²) in [6, 6.07) is 20.9. The zero-order chi connectivity index (χ0) is 26.5. The lowest BCUT2D eigenvalue weighted by Crippen LogP contribution is -2.35. The zero-order valence-corrected chi connectivity index (χ0v) is 21.5. The number of rotatable bonds is 9. The molecule has 38 heavy (non-hydrogen) atoms. The Bertz CT molecular complexity index is 1460. The van der Waals surface area contributed by atoms with Gasteiger partial charge in [0, 0.05) is 30.4 Å². The molecular formula is C31H31N3O4. The minimum atomic E-state index is -0.943. The molecule has 0 bridgehead atoms. The quantitative estimate of drug-likeness (QED) is 0.291. The van der Waals surface area contributed by atoms with Crippen molar-refractivity contribution >= 4 is 17.6 Å². The van der Waals surface area contributed by atoms with E-state index >= 15 is 0 Å². The Balaban J connectivity index is 1.27. The van der Waals surface area contributed by atoms with Crippen molar-refractivity contribution in [3.8, 4) is 16.9 Å². The molecule has 2 heterocycles. The van der Waals surface area contributed by atoms with Crippen LogP contribution in [-0.2, 0) is 17.8 Å². The van der Waals surface area contributed by atoms with Crippen molar-refractivity contribution in [2.45, 2.75) is 39.2 Å². The summed E-state index contributed by atoms with van der Waals surface area (Å²) in [7, 11) is 0. The SMILES string of the molecule is Cc1ccccc1OCCCC(=O)N1CCCc2c(-c3cnn(Cc4cccc(C(=O)O)c4)c3)cccc21. The lowest BCUT2D eigenvalue weighted by molar-refractivity contribution is -0.118. The maximum atomic E-state index is 13.2. The number of benzene rings is 3. The molecule has 0 unspecified atom stereocenters. The number of nitrogens with zero attached hydrogens (tertiary/aromatic N) is 3. The Morgan fingerprint density at radius 1 is 1.05 bits per heavy atom. The monoisotopic (exact) mass is 509 g/mol. The van der Waals surface area contributed by atoms with Crippen LogP contribution in [0.2, 0.25) is 0 Å². The molecule has 7 heteroatoms. The van der Waals surface area contributed by atoms with Gasteiger partial charge in [0.2, 0.25) is 5.91 Å². The molecule has 4 aromatic rings. The van der Waals surface area contributed by atoms with Crippen LogP contribution in [0.1, 0.15) is 46.3 Å². The average Bonchev–Trinajstić information content (AvgIpc) is 3.39. The van der Waals surface area contributed by atoms with Crippen LogP contribution in [0.25, 0.3) is 11.1 Å². The van der Waals surface area contributed by atoms with Gasteiger partial charge in [-0.1, -0.05) is 42.5 Å². The van der Waals surface area contributed by atoms with Gasteiger partial charge in [-0.05, 0) is 72.7 Å². The number of aromatic carboxylic acids is 1. The van der Waals surface area contributed by atoms with E-state index in [0.29, 0.717) is 32.5 Å². The maximum absolute atomic E-state index is 13.2. The number of ether oxygens (including phenoxy) is 1. The largest absolute Gasteiger partial charge is 0.493 e. The number of aromatic nitrogens is 2. The molecule has 7 nitrogen and oxygen atoms in total. The number of hydrogen-bond acceptors (Lipinski definition) is 4. The summed E-state index contributed by atoms with van der Waals surface area (Å²) in [6.07, 6.45) is 6.72. The molecule has 194 valence electrons. The fourth-order valence-corrected chi connectivity index (χ4v) is 4.99. The molecular weight excluding hydrogens is 478 g/mol. The van der Waals surface area contributed by atoms with E-state index in [1.165, 1.54) is 0 Å². The first-order valence-corrected chi connectivity index (χ1v) is 13.0. The van der Waals surface area contributed by atoms with Crippen LogP contribution in [0.3, 0.4) is 0 Å². The summed E-state index contributed by atoms with van der Waals surface area (Å²) in [4.78, 5) is 26.4. The standard InChI is InChI=1S/C31H31N3O4/c1-22-8-2-3-14-29(22)38-17-7-15-30(35)34-16-6-12-27-26(11-5-13-28(27)34)25-19-32-33(21-25)20-23-9-4-10-24(18-23)31(36)37/h2-5,8-11,13-14,18-19,21H,6-7,12,15-17,20H2,1H3,(H,36,37). The van der Waals surface area contributed by atoms with Gasteiger partial charge in [0.05, 0.1) is 24.9 Å². The van der Waals surface area contributed by atoms with E-state index in [9.17, 15) is 14.7 Å². The Hall–Kier alpha value is -4.39. The van der Waals surface area contributed by atoms with E-state index in [4.69, 9.17) is 4.74 Å². The Morgan fingerprint density at radius 3 is 2.74 bits per heavy atom. The van der Waals surface area contributed by atoms with Gasteiger partial charge in [0.25, 0.3) is 0 Å². The van der Waals surface area contributed by atoms with Crippen LogP contribution in [0.4, 0.5) is 5.69 Å². The molecule has 1 aliphatic heterocycles. The second kappa shape index (κ2) is 11.3. The highest BCUT2D eigenvalue weighted by molar-refractivity contribution is 5.96. The number of carboxylic acids is 1. The predicted molar refractivity (Wildman–Crippen MR) is 147 cm³/mol. The summed E-state index contributed by atoms with van der Waals surface area (Å²) in [5.74, 6) is 0.0374. The van der Waals surface area contributed by atoms with Crippen molar-refractivity contribution in [2.24, 2.45) is 0 Å². The van der Waals surface area contributed by atoms with Gasteiger partial charge >= 0.3 is 5.97 Å². The number of carboxylic acid groups (broad SMARTS) is 1. The molecule has 5 rings (SSSR count). The molecule has 0 saturated carbocycles. The Morgan fingerprint density at radius 2 is 1.89 bits per heavy atom. The van der Waals surface area contributed by atoms with Gasteiger partial charge < -0.3 is 14.7 Å². The first-order chi connectivity index (χ1) is 18.5. The van der Waals surface area contributed by atoms with Gasteiger partial charge in [-0.15, -0.1) is 0 Å². The van der Waals surface area contributed by atoms with Crippen LogP contribution >= 0.6 is 0 Å². The zero-order valence-electron chi connectivity index (χ0n) is 21.5. The van der Waals surface area contributed by atoms with E-state index in [1.54, 1.807) is 18.2 Å². The van der Waals surface area contributed by atoms with Gasteiger partial charge in [-0.25, -0.2) is 4.79 Å². The van der Waals surface area contributed by atoms with Crippen LogP contribution in [-0.4, -0.2) is 39.9 Å². The van der Waals surface area contributed by atoms with Gasteiger partial charge in [0.15, 0.2) is 0 Å². The first kappa shape index (κ1) is 25.3. The second-order valence-corrected chi connectivity index (χ2v) is 9.60. The maximum Gasteiger partial charge on any atom is 0.335 e. The molecule has 1 N–H and O–H groups in total. The summed E-state index contributed by atoms with van der Waals surface area (Å²) < 4.78 is 7.69. The third-order valence-corrected chi connectivity index (χ3v) is 6.90. The smallest absolute Gasteiger partial charge is 0.335 e. The summed E-state index contributed by atoms with van der Waals surface area (Å²) in [6.45, 7) is 3.72. The van der Waals surface area contributed by atoms with Crippen molar-refractivity contribution in [2.75, 3.05) is 18.1 Å². The minimum absolute atomic E-state index is 0.116. The molecule has 1 aliphatic rings. The highest BCUT2D eigenvalue weighted by Crippen LogP contribution is 2.35. The molecule has 3 aromatic carbocycles. The van der Waals surface area contributed by atoms with Crippen LogP contribution < -0.4 is 9.64 Å². The van der Waals surface area contributed by atoms with Crippen LogP contribution in [0.15, 0.2) is 79.1 Å². The minimum Gasteiger partial charge on any atom is -0.493 e. The highest BCUT2D eigenvalue weighted by Gasteiger charge is 2.24. The van der Waals surface area contributed by atoms with E-state index in [-0.39, 0.29) is 11.5 Å². The third-order valence-electron chi connectivity index (χ3n) is 6.90. The summed E-state index contributed by atoms with van der Waals surface area (Å²) in [5, 5.41) is 13.8. The number of hydrogen-bond donors (Lipinski definition) is 1. The Labute approximate surface area is 222 Å². The molecule has 0 fully saturated rings. The molecule has 0 saturated heterocycles. The third kappa shape index (κ3) is 5.62. The summed E-state index contributed by atoms with van der Waals surface area (Å²) in [5.41, 5.74) is 6.42. The number of fused-ring (bicyclic) bond motifs is 1. The number of carbonyl (C=O) groups excluding carboxylic acids is 1. The van der Waals surface area contributed by atoms with Crippen molar-refractivity contribution in [3.05, 3.63) is 101 Å². The fourth-order valence-electron chi connectivity index (χ4n) is 4.99. The van der Waals surface area contributed by atoms with Crippen molar-refractivity contribution < 1.29 is 19.4 Å². The number of aryl methyl sites for hydroxylation is 1. The second-order valence-electron chi connectivity index (χ2n) is 9.60. The first-order valence-electron chi connectivity index (χ1n) is 13.0. The fraction of sp³-hybridized carbons (Fsp3) is 0.258. The van der Waals surface area contributed by atoms with Crippen molar-refractivity contribution in [1.29, 1.82) is 0 Å². The molecule has 1 amide bonds. The number of anilines is 1. The van der Waals surface area contributed by atoms with Crippen molar-refractivity contribution in [1.82, 2.24) is 9.78 Å². The van der Waals surface area contributed by atoms with Gasteiger partial charge in [-0.3, -0.25) is 9.48 Å². The van der Waals surface area contributed by atoms with Crippen LogP contribution in [0.5, 0.6) is 5.75 Å². The highest BCUT2D eigenvalue weighted by atomic mass is 16.5. The molecule has 0 atom stereocenters. The number of carbonyl (C=O) groups is 2. The van der Waals surface area contributed by atoms with Gasteiger partial charge in [-0.2, -0.15) is 5.10 Å². The average molecular weight is 510 g/mol. The number of para-hydroxylation sites is 1. The summed E-state index contributed by atoms with van der Waals surface area (Å²) >= 11 is 0. The van der Waals surface area contributed by atoms with E-state index < -0.39 is 5.97 Å². The topological polar surface area (TPSA) is 84.7 Å². The molecule has 0 spiro atoms. The Kier molecular flexibility index (Phi) is 7.54. The molecule has 0 aliphatic carbocycles. The van der Waals surface area contributed by atoms with Gasteiger partial charge in [0.1, 0.15) is 5.75 Å². The number of amides is 1. The van der Waals surface area contributed by atoms with Crippen LogP contribution in [0, 0.1) is 6.92 Å². The molecule has 0 radical (unpaired) electrons.